The lowest BCUT2D eigenvalue weighted by Gasteiger charge is -2.20. The summed E-state index contributed by atoms with van der Waals surface area (Å²) in [5, 5.41) is 12.5. The average Bonchev–Trinajstić information content (AvgIpc) is 2.79. The number of carbonyl (C=O) groups excluding carboxylic acids is 1. The summed E-state index contributed by atoms with van der Waals surface area (Å²) in [6.45, 7) is 9.21. The quantitative estimate of drug-likeness (QED) is 0.907. The molecular weight excluding hydrogens is 284 g/mol. The SMILES string of the molecule is CCCNc1nnc(C(=O)N2CCCC(C(C)C)CC2)s1. The van der Waals surface area contributed by atoms with Gasteiger partial charge in [-0.1, -0.05) is 32.1 Å². The Labute approximate surface area is 131 Å². The van der Waals surface area contributed by atoms with E-state index in [2.05, 4.69) is 36.3 Å². The molecule has 0 bridgehead atoms. The van der Waals surface area contributed by atoms with Gasteiger partial charge in [-0.05, 0) is 37.5 Å². The second-order valence-corrected chi connectivity index (χ2v) is 7.04. The number of aromatic nitrogens is 2. The van der Waals surface area contributed by atoms with Gasteiger partial charge in [0.1, 0.15) is 0 Å². The molecule has 0 aliphatic carbocycles. The highest BCUT2D eigenvalue weighted by Crippen LogP contribution is 2.26. The van der Waals surface area contributed by atoms with Crippen LogP contribution < -0.4 is 5.32 Å². The standard InChI is InChI=1S/C15H26N4OS/c1-4-8-16-15-18-17-13(21-15)14(20)19-9-5-6-12(7-10-19)11(2)3/h11-12H,4-10H2,1-3H3,(H,16,18). The van der Waals surface area contributed by atoms with E-state index in [4.69, 9.17) is 0 Å². The Balaban J connectivity index is 1.94. The van der Waals surface area contributed by atoms with E-state index < -0.39 is 0 Å². The van der Waals surface area contributed by atoms with Crippen LogP contribution in [0, 0.1) is 11.8 Å². The molecule has 1 saturated heterocycles. The van der Waals surface area contributed by atoms with Crippen LogP contribution in [0.25, 0.3) is 0 Å². The first-order valence-electron chi connectivity index (χ1n) is 7.98. The Morgan fingerprint density at radius 2 is 2.19 bits per heavy atom. The molecule has 5 nitrogen and oxygen atoms in total. The second-order valence-electron chi connectivity index (χ2n) is 6.07. The number of likely N-dealkylation sites (tertiary alicyclic amines) is 1. The summed E-state index contributed by atoms with van der Waals surface area (Å²) in [6.07, 6.45) is 4.45. The molecule has 0 saturated carbocycles. The monoisotopic (exact) mass is 310 g/mol. The number of hydrogen-bond donors (Lipinski definition) is 1. The molecule has 1 amide bonds. The van der Waals surface area contributed by atoms with Crippen LogP contribution in [-0.4, -0.2) is 40.6 Å². The molecule has 0 radical (unpaired) electrons. The molecule has 1 aromatic heterocycles. The fourth-order valence-electron chi connectivity index (χ4n) is 2.74. The third kappa shape index (κ3) is 4.40. The van der Waals surface area contributed by atoms with E-state index in [9.17, 15) is 4.79 Å². The maximum absolute atomic E-state index is 12.5. The van der Waals surface area contributed by atoms with Gasteiger partial charge in [0.05, 0.1) is 0 Å². The molecule has 1 unspecified atom stereocenters. The molecule has 2 rings (SSSR count). The van der Waals surface area contributed by atoms with Crippen molar-refractivity contribution in [1.29, 1.82) is 0 Å². The highest BCUT2D eigenvalue weighted by Gasteiger charge is 2.25. The van der Waals surface area contributed by atoms with E-state index in [1.54, 1.807) is 0 Å². The van der Waals surface area contributed by atoms with Crippen molar-refractivity contribution in [1.82, 2.24) is 15.1 Å². The van der Waals surface area contributed by atoms with Gasteiger partial charge in [-0.3, -0.25) is 4.79 Å². The zero-order valence-electron chi connectivity index (χ0n) is 13.3. The predicted molar refractivity (Wildman–Crippen MR) is 86.8 cm³/mol. The van der Waals surface area contributed by atoms with Crippen molar-refractivity contribution in [2.75, 3.05) is 25.0 Å². The number of carbonyl (C=O) groups is 1. The Bertz CT molecular complexity index is 460. The zero-order valence-corrected chi connectivity index (χ0v) is 14.1. The molecule has 0 spiro atoms. The van der Waals surface area contributed by atoms with Gasteiger partial charge in [0, 0.05) is 19.6 Å². The molecule has 1 fully saturated rings. The summed E-state index contributed by atoms with van der Waals surface area (Å²) in [7, 11) is 0. The highest BCUT2D eigenvalue weighted by molar-refractivity contribution is 7.17. The number of anilines is 1. The van der Waals surface area contributed by atoms with Crippen LogP contribution in [0.4, 0.5) is 5.13 Å². The minimum absolute atomic E-state index is 0.0430. The molecule has 1 aromatic rings. The fraction of sp³-hybridized carbons (Fsp3) is 0.800. The molecular formula is C15H26N4OS. The number of nitrogens with zero attached hydrogens (tertiary/aromatic N) is 3. The first-order valence-corrected chi connectivity index (χ1v) is 8.80. The van der Waals surface area contributed by atoms with Crippen molar-refractivity contribution < 1.29 is 4.79 Å². The van der Waals surface area contributed by atoms with Crippen LogP contribution in [0.2, 0.25) is 0 Å². The summed E-state index contributed by atoms with van der Waals surface area (Å²) in [5.74, 6) is 1.48. The molecule has 1 atom stereocenters. The summed E-state index contributed by atoms with van der Waals surface area (Å²) in [5.41, 5.74) is 0. The zero-order chi connectivity index (χ0) is 15.2. The van der Waals surface area contributed by atoms with E-state index >= 15 is 0 Å². The maximum Gasteiger partial charge on any atom is 0.284 e. The lowest BCUT2D eigenvalue weighted by molar-refractivity contribution is 0.0757. The highest BCUT2D eigenvalue weighted by atomic mass is 32.1. The number of hydrogen-bond acceptors (Lipinski definition) is 5. The third-order valence-electron chi connectivity index (χ3n) is 4.14. The molecule has 2 heterocycles. The molecule has 6 heteroatoms. The van der Waals surface area contributed by atoms with Crippen molar-refractivity contribution in [3.8, 4) is 0 Å². The number of amides is 1. The van der Waals surface area contributed by atoms with Crippen molar-refractivity contribution >= 4 is 22.4 Å². The first-order chi connectivity index (χ1) is 10.1. The second kappa shape index (κ2) is 7.73. The molecule has 118 valence electrons. The molecule has 0 aromatic carbocycles. The Morgan fingerprint density at radius 1 is 1.38 bits per heavy atom. The minimum atomic E-state index is 0.0430. The van der Waals surface area contributed by atoms with Crippen molar-refractivity contribution in [2.24, 2.45) is 11.8 Å². The normalized spacial score (nSPS) is 19.6. The van der Waals surface area contributed by atoms with Gasteiger partial charge in [-0.15, -0.1) is 10.2 Å². The van der Waals surface area contributed by atoms with Crippen molar-refractivity contribution in [2.45, 2.75) is 46.5 Å². The van der Waals surface area contributed by atoms with Gasteiger partial charge in [0.25, 0.3) is 5.91 Å². The molecule has 1 aliphatic rings. The van der Waals surface area contributed by atoms with Gasteiger partial charge in [-0.25, -0.2) is 0 Å². The average molecular weight is 310 g/mol. The maximum atomic E-state index is 12.5. The van der Waals surface area contributed by atoms with Crippen LogP contribution in [0.5, 0.6) is 0 Å². The molecule has 1 aliphatic heterocycles. The van der Waals surface area contributed by atoms with Crippen LogP contribution >= 0.6 is 11.3 Å². The molecule has 21 heavy (non-hydrogen) atoms. The van der Waals surface area contributed by atoms with Crippen LogP contribution in [0.3, 0.4) is 0 Å². The fourth-order valence-corrected chi connectivity index (χ4v) is 3.48. The number of nitrogens with one attached hydrogen (secondary N) is 1. The smallest absolute Gasteiger partial charge is 0.284 e. The number of rotatable bonds is 5. The van der Waals surface area contributed by atoms with E-state index in [0.717, 1.165) is 49.9 Å². The van der Waals surface area contributed by atoms with Gasteiger partial charge in [0.15, 0.2) is 0 Å². The first kappa shape index (κ1) is 16.2. The van der Waals surface area contributed by atoms with E-state index in [-0.39, 0.29) is 5.91 Å². The lowest BCUT2D eigenvalue weighted by atomic mass is 9.89. The van der Waals surface area contributed by atoms with Gasteiger partial charge in [-0.2, -0.15) is 0 Å². The Kier molecular flexibility index (Phi) is 5.96. The van der Waals surface area contributed by atoms with Crippen LogP contribution in [-0.2, 0) is 0 Å². The van der Waals surface area contributed by atoms with Crippen LogP contribution in [0.15, 0.2) is 0 Å². The summed E-state index contributed by atoms with van der Waals surface area (Å²) in [6, 6.07) is 0. The van der Waals surface area contributed by atoms with E-state index in [1.807, 2.05) is 4.90 Å². The topological polar surface area (TPSA) is 58.1 Å². The summed E-state index contributed by atoms with van der Waals surface area (Å²) < 4.78 is 0. The summed E-state index contributed by atoms with van der Waals surface area (Å²) in [4.78, 5) is 14.5. The van der Waals surface area contributed by atoms with Gasteiger partial charge in [0.2, 0.25) is 10.1 Å². The lowest BCUT2D eigenvalue weighted by Crippen LogP contribution is -2.32. The van der Waals surface area contributed by atoms with Gasteiger partial charge >= 0.3 is 0 Å². The third-order valence-corrected chi connectivity index (χ3v) is 5.01. The van der Waals surface area contributed by atoms with E-state index in [0.29, 0.717) is 10.9 Å². The van der Waals surface area contributed by atoms with E-state index in [1.165, 1.54) is 17.8 Å². The van der Waals surface area contributed by atoms with Gasteiger partial charge < -0.3 is 10.2 Å². The van der Waals surface area contributed by atoms with Crippen molar-refractivity contribution in [3.63, 3.8) is 0 Å². The van der Waals surface area contributed by atoms with Crippen molar-refractivity contribution in [3.05, 3.63) is 5.01 Å². The predicted octanol–water partition coefficient (Wildman–Crippen LogP) is 3.26. The minimum Gasteiger partial charge on any atom is -0.360 e. The molecule has 1 N–H and O–H groups in total. The largest absolute Gasteiger partial charge is 0.360 e. The van der Waals surface area contributed by atoms with Crippen LogP contribution in [0.1, 0.15) is 56.3 Å². The Morgan fingerprint density at radius 3 is 2.90 bits per heavy atom. The summed E-state index contributed by atoms with van der Waals surface area (Å²) >= 11 is 1.36. The Hall–Kier alpha value is -1.17.